The zero-order valence-electron chi connectivity index (χ0n) is 21.6. The lowest BCUT2D eigenvalue weighted by atomic mass is 9.95. The van der Waals surface area contributed by atoms with Gasteiger partial charge in [-0.2, -0.15) is 0 Å². The van der Waals surface area contributed by atoms with Crippen LogP contribution in [-0.2, 0) is 9.53 Å². The summed E-state index contributed by atoms with van der Waals surface area (Å²) in [5, 5.41) is 0. The van der Waals surface area contributed by atoms with Crippen molar-refractivity contribution in [2.45, 2.75) is 32.7 Å². The summed E-state index contributed by atoms with van der Waals surface area (Å²) in [6.45, 7) is 9.70. The molecule has 8 heteroatoms. The van der Waals surface area contributed by atoms with E-state index in [1.807, 2.05) is 24.3 Å². The van der Waals surface area contributed by atoms with Crippen LogP contribution in [0, 0.1) is 0 Å². The highest BCUT2D eigenvalue weighted by atomic mass is 32.1. The predicted molar refractivity (Wildman–Crippen MR) is 145 cm³/mol. The number of esters is 1. The topological polar surface area (TPSA) is 79.1 Å². The Morgan fingerprint density at radius 2 is 1.84 bits per heavy atom. The van der Waals surface area contributed by atoms with E-state index in [0.717, 1.165) is 5.56 Å². The predicted octanol–water partition coefficient (Wildman–Crippen LogP) is 4.11. The number of rotatable bonds is 8. The van der Waals surface area contributed by atoms with Gasteiger partial charge in [-0.15, -0.1) is 0 Å². The number of carbonyl (C=O) groups excluding carboxylic acids is 1. The molecule has 2 aromatic carbocycles. The smallest absolute Gasteiger partial charge is 0.338 e. The molecule has 1 atom stereocenters. The van der Waals surface area contributed by atoms with E-state index in [4.69, 9.17) is 14.2 Å². The second kappa shape index (κ2) is 11.0. The molecule has 0 amide bonds. The number of hydrogen-bond donors (Lipinski definition) is 0. The van der Waals surface area contributed by atoms with Crippen LogP contribution in [0.25, 0.3) is 6.08 Å². The maximum Gasteiger partial charge on any atom is 0.338 e. The Morgan fingerprint density at radius 3 is 2.46 bits per heavy atom. The SMILES string of the molecule is C=CCOC(=O)C1=C(C)N=c2sc(=Cc3ccc(C(C)C)cc3)c(=O)n2C1c1ccc(OC)c(OC)c1. The summed E-state index contributed by atoms with van der Waals surface area (Å²) in [4.78, 5) is 32.1. The Hall–Kier alpha value is -3.91. The van der Waals surface area contributed by atoms with Crippen LogP contribution in [0.4, 0.5) is 0 Å². The molecule has 1 unspecified atom stereocenters. The fourth-order valence-corrected chi connectivity index (χ4v) is 5.31. The van der Waals surface area contributed by atoms with E-state index in [1.165, 1.54) is 30.1 Å². The minimum Gasteiger partial charge on any atom is -0.493 e. The number of aromatic nitrogens is 1. The van der Waals surface area contributed by atoms with E-state index in [1.54, 1.807) is 30.7 Å². The van der Waals surface area contributed by atoms with Crippen molar-refractivity contribution in [3.05, 3.63) is 103 Å². The van der Waals surface area contributed by atoms with E-state index in [9.17, 15) is 9.59 Å². The average Bonchev–Trinajstić information content (AvgIpc) is 3.20. The molecule has 2 heterocycles. The van der Waals surface area contributed by atoms with Crippen molar-refractivity contribution in [3.8, 4) is 11.5 Å². The molecule has 0 bridgehead atoms. The Bertz CT molecular complexity index is 1540. The monoisotopic (exact) mass is 518 g/mol. The van der Waals surface area contributed by atoms with Crippen molar-refractivity contribution in [2.24, 2.45) is 4.99 Å². The van der Waals surface area contributed by atoms with Crippen molar-refractivity contribution in [3.63, 3.8) is 0 Å². The summed E-state index contributed by atoms with van der Waals surface area (Å²) >= 11 is 1.29. The second-order valence-corrected chi connectivity index (χ2v) is 9.91. The fourth-order valence-electron chi connectivity index (χ4n) is 4.26. The van der Waals surface area contributed by atoms with Gasteiger partial charge in [-0.25, -0.2) is 9.79 Å². The number of allylic oxidation sites excluding steroid dienone is 1. The normalized spacial score (nSPS) is 15.3. The van der Waals surface area contributed by atoms with Crippen molar-refractivity contribution >= 4 is 23.4 Å². The highest BCUT2D eigenvalue weighted by Crippen LogP contribution is 2.36. The van der Waals surface area contributed by atoms with Gasteiger partial charge in [-0.05, 0) is 47.7 Å². The lowest BCUT2D eigenvalue weighted by Gasteiger charge is -2.25. The first kappa shape index (κ1) is 26.2. The van der Waals surface area contributed by atoms with Crippen molar-refractivity contribution < 1.29 is 19.0 Å². The minimum absolute atomic E-state index is 0.0467. The highest BCUT2D eigenvalue weighted by molar-refractivity contribution is 7.07. The molecule has 0 saturated carbocycles. The van der Waals surface area contributed by atoms with Crippen LogP contribution in [0.5, 0.6) is 11.5 Å². The van der Waals surface area contributed by atoms with Gasteiger partial charge in [0.15, 0.2) is 16.3 Å². The summed E-state index contributed by atoms with van der Waals surface area (Å²) in [7, 11) is 3.09. The highest BCUT2D eigenvalue weighted by Gasteiger charge is 2.34. The van der Waals surface area contributed by atoms with Crippen LogP contribution in [0.1, 0.15) is 49.4 Å². The molecule has 1 aliphatic heterocycles. The third-order valence-corrected chi connectivity index (χ3v) is 7.18. The van der Waals surface area contributed by atoms with Crippen molar-refractivity contribution in [1.29, 1.82) is 0 Å². The van der Waals surface area contributed by atoms with Gasteiger partial charge >= 0.3 is 5.97 Å². The van der Waals surface area contributed by atoms with E-state index >= 15 is 0 Å². The van der Waals surface area contributed by atoms with Gasteiger partial charge in [0.25, 0.3) is 5.56 Å². The fraction of sp³-hybridized carbons (Fsp3) is 0.276. The molecule has 0 fully saturated rings. The molecule has 3 aromatic rings. The second-order valence-electron chi connectivity index (χ2n) is 8.90. The average molecular weight is 519 g/mol. The Morgan fingerprint density at radius 1 is 1.14 bits per heavy atom. The maximum atomic E-state index is 13.8. The Labute approximate surface area is 219 Å². The van der Waals surface area contributed by atoms with Crippen molar-refractivity contribution in [2.75, 3.05) is 20.8 Å². The Kier molecular flexibility index (Phi) is 7.78. The molecular weight excluding hydrogens is 488 g/mol. The van der Waals surface area contributed by atoms with Gasteiger partial charge in [0.2, 0.25) is 0 Å². The van der Waals surface area contributed by atoms with Crippen molar-refractivity contribution in [1.82, 2.24) is 4.57 Å². The van der Waals surface area contributed by atoms with Crippen LogP contribution >= 0.6 is 11.3 Å². The zero-order valence-corrected chi connectivity index (χ0v) is 22.4. The van der Waals surface area contributed by atoms with Gasteiger partial charge in [0.1, 0.15) is 6.61 Å². The molecule has 0 N–H and O–H groups in total. The minimum atomic E-state index is -0.751. The number of ether oxygens (including phenoxy) is 3. The molecule has 0 saturated heterocycles. The molecule has 0 spiro atoms. The summed E-state index contributed by atoms with van der Waals surface area (Å²) in [5.41, 5.74) is 3.35. The van der Waals surface area contributed by atoms with Crippen LogP contribution < -0.4 is 24.4 Å². The third-order valence-electron chi connectivity index (χ3n) is 6.20. The first-order valence-corrected chi connectivity index (χ1v) is 12.7. The molecule has 192 valence electrons. The summed E-state index contributed by atoms with van der Waals surface area (Å²) in [6, 6.07) is 12.7. The standard InChI is InChI=1S/C29H30N2O5S/c1-7-14-36-28(33)25-18(4)30-29-31(26(25)21-12-13-22(34-5)23(16-21)35-6)27(32)24(37-29)15-19-8-10-20(11-9-19)17(2)3/h7-13,15-17,26H,1,14H2,2-6H3. The summed E-state index contributed by atoms with van der Waals surface area (Å²) in [6.07, 6.45) is 3.35. The summed E-state index contributed by atoms with van der Waals surface area (Å²) < 4.78 is 18.4. The van der Waals surface area contributed by atoms with E-state index in [-0.39, 0.29) is 17.7 Å². The number of benzene rings is 2. The number of carbonyl (C=O) groups is 1. The largest absolute Gasteiger partial charge is 0.493 e. The van der Waals surface area contributed by atoms with Gasteiger partial charge in [0, 0.05) is 0 Å². The molecule has 1 aliphatic rings. The molecule has 37 heavy (non-hydrogen) atoms. The van der Waals surface area contributed by atoms with Crippen LogP contribution in [0.15, 0.2) is 76.2 Å². The van der Waals surface area contributed by atoms with Crippen LogP contribution in [-0.4, -0.2) is 31.4 Å². The first-order chi connectivity index (χ1) is 17.8. The number of thiazole rings is 1. The number of fused-ring (bicyclic) bond motifs is 1. The quantitative estimate of drug-likeness (QED) is 0.331. The number of methoxy groups -OCH3 is 2. The molecule has 0 radical (unpaired) electrons. The zero-order chi connectivity index (χ0) is 26.7. The van der Waals surface area contributed by atoms with Crippen LogP contribution in [0.2, 0.25) is 0 Å². The number of nitrogens with zero attached hydrogens (tertiary/aromatic N) is 2. The van der Waals surface area contributed by atoms with Gasteiger partial charge in [-0.1, -0.05) is 68.2 Å². The van der Waals surface area contributed by atoms with Crippen LogP contribution in [0.3, 0.4) is 0 Å². The molecule has 4 rings (SSSR count). The lowest BCUT2D eigenvalue weighted by Crippen LogP contribution is -2.40. The van der Waals surface area contributed by atoms with Gasteiger partial charge in [-0.3, -0.25) is 9.36 Å². The van der Waals surface area contributed by atoms with E-state index in [0.29, 0.717) is 38.0 Å². The molecule has 1 aromatic heterocycles. The third kappa shape index (κ3) is 5.15. The van der Waals surface area contributed by atoms with E-state index in [2.05, 4.69) is 37.6 Å². The Balaban J connectivity index is 1.91. The molecule has 0 aliphatic carbocycles. The number of hydrogen-bond acceptors (Lipinski definition) is 7. The van der Waals surface area contributed by atoms with Gasteiger partial charge in [0.05, 0.1) is 36.1 Å². The molecule has 7 nitrogen and oxygen atoms in total. The lowest BCUT2D eigenvalue weighted by molar-refractivity contribution is -0.138. The summed E-state index contributed by atoms with van der Waals surface area (Å²) in [5.74, 6) is 0.892. The molecular formula is C29H30N2O5S. The first-order valence-electron chi connectivity index (χ1n) is 11.9. The van der Waals surface area contributed by atoms with E-state index < -0.39 is 12.0 Å². The maximum absolute atomic E-state index is 13.8. The van der Waals surface area contributed by atoms with Gasteiger partial charge < -0.3 is 14.2 Å².